The van der Waals surface area contributed by atoms with Crippen LogP contribution in [-0.2, 0) is 0 Å². The van der Waals surface area contributed by atoms with E-state index in [1.54, 1.807) is 12.1 Å². The maximum Gasteiger partial charge on any atom is 0.211 e. The maximum absolute atomic E-state index is 12.2. The maximum atomic E-state index is 12.2. The predicted octanol–water partition coefficient (Wildman–Crippen LogP) is 2.51. The monoisotopic (exact) mass is 226 g/mol. The van der Waals surface area contributed by atoms with Gasteiger partial charge in [-0.25, -0.2) is 0 Å². The molecular weight excluding hydrogens is 212 g/mol. The van der Waals surface area contributed by atoms with E-state index in [9.17, 15) is 4.79 Å². The van der Waals surface area contributed by atoms with Crippen LogP contribution in [0.25, 0.3) is 0 Å². The quantitative estimate of drug-likeness (QED) is 0.800. The van der Waals surface area contributed by atoms with Crippen LogP contribution in [0.5, 0.6) is 0 Å². The SMILES string of the molecule is Cc1cccc(C(=O)c2ccc(N)cn2)c1C. The van der Waals surface area contributed by atoms with Crippen LogP contribution in [0.15, 0.2) is 36.5 Å². The molecule has 2 rings (SSSR count). The standard InChI is InChI=1S/C14H14N2O/c1-9-4-3-5-12(10(9)2)14(17)13-7-6-11(15)8-16-13/h3-8H,15H2,1-2H3. The molecule has 0 aliphatic carbocycles. The third kappa shape index (κ3) is 2.18. The fourth-order valence-corrected chi connectivity index (χ4v) is 1.67. The van der Waals surface area contributed by atoms with Gasteiger partial charge in [0.05, 0.1) is 11.9 Å². The Labute approximate surface area is 100 Å². The van der Waals surface area contributed by atoms with Gasteiger partial charge in [-0.05, 0) is 37.1 Å². The van der Waals surface area contributed by atoms with E-state index in [1.165, 1.54) is 6.20 Å². The van der Waals surface area contributed by atoms with Crippen molar-refractivity contribution in [1.29, 1.82) is 0 Å². The average molecular weight is 226 g/mol. The summed E-state index contributed by atoms with van der Waals surface area (Å²) in [5.41, 5.74) is 9.32. The second kappa shape index (κ2) is 4.37. The van der Waals surface area contributed by atoms with Crippen molar-refractivity contribution in [3.05, 3.63) is 58.9 Å². The molecule has 17 heavy (non-hydrogen) atoms. The van der Waals surface area contributed by atoms with Gasteiger partial charge in [-0.3, -0.25) is 9.78 Å². The van der Waals surface area contributed by atoms with Crippen molar-refractivity contribution in [2.24, 2.45) is 0 Å². The highest BCUT2D eigenvalue weighted by molar-refractivity contribution is 6.08. The third-order valence-corrected chi connectivity index (χ3v) is 2.87. The van der Waals surface area contributed by atoms with Crippen LogP contribution >= 0.6 is 0 Å². The van der Waals surface area contributed by atoms with Gasteiger partial charge in [-0.15, -0.1) is 0 Å². The number of aryl methyl sites for hydroxylation is 1. The smallest absolute Gasteiger partial charge is 0.211 e. The van der Waals surface area contributed by atoms with Gasteiger partial charge in [0.25, 0.3) is 0 Å². The zero-order valence-electron chi connectivity index (χ0n) is 9.90. The third-order valence-electron chi connectivity index (χ3n) is 2.87. The minimum Gasteiger partial charge on any atom is -0.397 e. The molecule has 0 spiro atoms. The molecule has 2 aromatic rings. The molecule has 0 aliphatic heterocycles. The lowest BCUT2D eigenvalue weighted by molar-refractivity contribution is 0.103. The van der Waals surface area contributed by atoms with Gasteiger partial charge < -0.3 is 5.73 Å². The summed E-state index contributed by atoms with van der Waals surface area (Å²) in [6.07, 6.45) is 1.50. The Morgan fingerprint density at radius 3 is 2.59 bits per heavy atom. The second-order valence-electron chi connectivity index (χ2n) is 4.05. The number of carbonyl (C=O) groups is 1. The minimum absolute atomic E-state index is 0.0637. The summed E-state index contributed by atoms with van der Waals surface area (Å²) in [4.78, 5) is 16.3. The fraction of sp³-hybridized carbons (Fsp3) is 0.143. The van der Waals surface area contributed by atoms with Crippen LogP contribution in [0.4, 0.5) is 5.69 Å². The van der Waals surface area contributed by atoms with Crippen LogP contribution in [0.3, 0.4) is 0 Å². The number of pyridine rings is 1. The van der Waals surface area contributed by atoms with E-state index in [1.807, 2.05) is 32.0 Å². The molecule has 0 bridgehead atoms. The van der Waals surface area contributed by atoms with Crippen molar-refractivity contribution in [2.45, 2.75) is 13.8 Å². The Morgan fingerprint density at radius 2 is 1.94 bits per heavy atom. The summed E-state index contributed by atoms with van der Waals surface area (Å²) in [6, 6.07) is 9.03. The molecule has 0 aliphatic rings. The van der Waals surface area contributed by atoms with Gasteiger partial charge in [0, 0.05) is 5.56 Å². The lowest BCUT2D eigenvalue weighted by Crippen LogP contribution is -2.07. The van der Waals surface area contributed by atoms with Gasteiger partial charge in [0.1, 0.15) is 5.69 Å². The second-order valence-corrected chi connectivity index (χ2v) is 4.05. The number of nitrogens with zero attached hydrogens (tertiary/aromatic N) is 1. The molecule has 1 aromatic carbocycles. The highest BCUT2D eigenvalue weighted by atomic mass is 16.1. The fourth-order valence-electron chi connectivity index (χ4n) is 1.67. The summed E-state index contributed by atoms with van der Waals surface area (Å²) in [6.45, 7) is 3.93. The summed E-state index contributed by atoms with van der Waals surface area (Å²) < 4.78 is 0. The highest BCUT2D eigenvalue weighted by Gasteiger charge is 2.13. The first kappa shape index (κ1) is 11.3. The van der Waals surface area contributed by atoms with Gasteiger partial charge in [-0.2, -0.15) is 0 Å². The molecular formula is C14H14N2O. The van der Waals surface area contributed by atoms with Crippen molar-refractivity contribution in [3.8, 4) is 0 Å². The van der Waals surface area contributed by atoms with Crippen molar-refractivity contribution in [1.82, 2.24) is 4.98 Å². The summed E-state index contributed by atoms with van der Waals surface area (Å²) >= 11 is 0. The first-order chi connectivity index (χ1) is 8.09. The summed E-state index contributed by atoms with van der Waals surface area (Å²) in [7, 11) is 0. The van der Waals surface area contributed by atoms with Crippen LogP contribution in [0, 0.1) is 13.8 Å². The Hall–Kier alpha value is -2.16. The Morgan fingerprint density at radius 1 is 1.18 bits per heavy atom. The molecule has 0 saturated heterocycles. The van der Waals surface area contributed by atoms with E-state index >= 15 is 0 Å². The molecule has 86 valence electrons. The molecule has 0 amide bonds. The number of nitrogen functional groups attached to an aromatic ring is 1. The summed E-state index contributed by atoms with van der Waals surface area (Å²) in [5.74, 6) is -0.0637. The zero-order valence-corrected chi connectivity index (χ0v) is 9.90. The molecule has 0 radical (unpaired) electrons. The van der Waals surface area contributed by atoms with Crippen molar-refractivity contribution >= 4 is 11.5 Å². The van der Waals surface area contributed by atoms with E-state index < -0.39 is 0 Å². The molecule has 3 heteroatoms. The number of carbonyl (C=O) groups excluding carboxylic acids is 1. The number of ketones is 1. The molecule has 0 unspecified atom stereocenters. The molecule has 3 nitrogen and oxygen atoms in total. The number of aromatic nitrogens is 1. The van der Waals surface area contributed by atoms with Crippen LogP contribution in [-0.4, -0.2) is 10.8 Å². The number of benzene rings is 1. The van der Waals surface area contributed by atoms with Crippen LogP contribution < -0.4 is 5.73 Å². The largest absolute Gasteiger partial charge is 0.397 e. The van der Waals surface area contributed by atoms with E-state index in [-0.39, 0.29) is 5.78 Å². The normalized spacial score (nSPS) is 10.2. The highest BCUT2D eigenvalue weighted by Crippen LogP contribution is 2.16. The minimum atomic E-state index is -0.0637. The zero-order chi connectivity index (χ0) is 12.4. The topological polar surface area (TPSA) is 56.0 Å². The van der Waals surface area contributed by atoms with Gasteiger partial charge >= 0.3 is 0 Å². The molecule has 2 N–H and O–H groups in total. The lowest BCUT2D eigenvalue weighted by Gasteiger charge is -2.07. The number of hydrogen-bond acceptors (Lipinski definition) is 3. The van der Waals surface area contributed by atoms with Gasteiger partial charge in [-0.1, -0.05) is 18.2 Å². The van der Waals surface area contributed by atoms with Crippen molar-refractivity contribution in [2.75, 3.05) is 5.73 Å². The number of anilines is 1. The first-order valence-electron chi connectivity index (χ1n) is 5.42. The van der Waals surface area contributed by atoms with Crippen LogP contribution in [0.2, 0.25) is 0 Å². The van der Waals surface area contributed by atoms with Gasteiger partial charge in [0.2, 0.25) is 5.78 Å². The Bertz CT molecular complexity index is 559. The Kier molecular flexibility index (Phi) is 2.91. The van der Waals surface area contributed by atoms with Crippen molar-refractivity contribution in [3.63, 3.8) is 0 Å². The Balaban J connectivity index is 2.44. The molecule has 0 atom stereocenters. The number of hydrogen-bond donors (Lipinski definition) is 1. The molecule has 0 fully saturated rings. The molecule has 1 aromatic heterocycles. The predicted molar refractivity (Wildman–Crippen MR) is 68.0 cm³/mol. The van der Waals surface area contributed by atoms with Crippen molar-refractivity contribution < 1.29 is 4.79 Å². The van der Waals surface area contributed by atoms with E-state index in [2.05, 4.69) is 4.98 Å². The van der Waals surface area contributed by atoms with E-state index in [0.29, 0.717) is 16.9 Å². The van der Waals surface area contributed by atoms with Gasteiger partial charge in [0.15, 0.2) is 0 Å². The summed E-state index contributed by atoms with van der Waals surface area (Å²) in [5, 5.41) is 0. The van der Waals surface area contributed by atoms with E-state index in [4.69, 9.17) is 5.73 Å². The molecule has 0 saturated carbocycles. The molecule has 1 heterocycles. The lowest BCUT2D eigenvalue weighted by atomic mass is 9.98. The van der Waals surface area contributed by atoms with Crippen LogP contribution in [0.1, 0.15) is 27.2 Å². The first-order valence-corrected chi connectivity index (χ1v) is 5.42. The number of rotatable bonds is 2. The van der Waals surface area contributed by atoms with E-state index in [0.717, 1.165) is 11.1 Å². The average Bonchev–Trinajstić information content (AvgIpc) is 2.33. The number of nitrogens with two attached hydrogens (primary N) is 1.